The Morgan fingerprint density at radius 3 is 2.79 bits per heavy atom. The monoisotopic (exact) mass is 258 g/mol. The van der Waals surface area contributed by atoms with Gasteiger partial charge in [0.2, 0.25) is 0 Å². The van der Waals surface area contributed by atoms with Crippen LogP contribution in [0.1, 0.15) is 5.56 Å². The molecule has 0 saturated carbocycles. The van der Waals surface area contributed by atoms with Crippen LogP contribution >= 0.6 is 0 Å². The molecule has 5 nitrogen and oxygen atoms in total. The van der Waals surface area contributed by atoms with Crippen molar-refractivity contribution in [3.8, 4) is 11.3 Å². The molecule has 3 rings (SSSR count). The standard InChI is InChI=1S/C14H18N4O/c1-2-4-12(5-3-1)14-13(10-15-17-14)11-16-18-6-8-19-9-7-18/h1-5,10,16H,6-9,11H2,(H,15,17). The number of hydrogen-bond donors (Lipinski definition) is 2. The van der Waals surface area contributed by atoms with Crippen molar-refractivity contribution in [2.75, 3.05) is 26.3 Å². The van der Waals surface area contributed by atoms with Crippen LogP contribution in [0.15, 0.2) is 36.5 Å². The van der Waals surface area contributed by atoms with Crippen LogP contribution in [0.3, 0.4) is 0 Å². The molecule has 2 aromatic rings. The summed E-state index contributed by atoms with van der Waals surface area (Å²) >= 11 is 0. The van der Waals surface area contributed by atoms with Crippen LogP contribution in [0.5, 0.6) is 0 Å². The van der Waals surface area contributed by atoms with Crippen molar-refractivity contribution in [3.05, 3.63) is 42.1 Å². The number of H-pyrrole nitrogens is 1. The number of hydrogen-bond acceptors (Lipinski definition) is 4. The molecule has 5 heteroatoms. The zero-order valence-corrected chi connectivity index (χ0v) is 10.8. The summed E-state index contributed by atoms with van der Waals surface area (Å²) in [4.78, 5) is 0. The fourth-order valence-electron chi connectivity index (χ4n) is 2.22. The summed E-state index contributed by atoms with van der Waals surface area (Å²) in [6.07, 6.45) is 1.88. The number of benzene rings is 1. The summed E-state index contributed by atoms with van der Waals surface area (Å²) < 4.78 is 5.33. The molecule has 1 saturated heterocycles. The Labute approximate surface area is 112 Å². The molecule has 0 spiro atoms. The molecule has 1 aliphatic rings. The SMILES string of the molecule is c1ccc(-c2[nH]ncc2CNN2CCOCC2)cc1. The maximum Gasteiger partial charge on any atom is 0.0695 e. The Morgan fingerprint density at radius 1 is 1.21 bits per heavy atom. The highest BCUT2D eigenvalue weighted by atomic mass is 16.5. The second kappa shape index (κ2) is 5.97. The summed E-state index contributed by atoms with van der Waals surface area (Å²) in [5, 5.41) is 9.43. The number of nitrogens with one attached hydrogen (secondary N) is 2. The van der Waals surface area contributed by atoms with E-state index in [1.54, 1.807) is 0 Å². The van der Waals surface area contributed by atoms with E-state index in [0.29, 0.717) is 0 Å². The van der Waals surface area contributed by atoms with Gasteiger partial charge in [0, 0.05) is 25.2 Å². The normalized spacial score (nSPS) is 16.6. The predicted octanol–water partition coefficient (Wildman–Crippen LogP) is 1.41. The first-order chi connectivity index (χ1) is 9.43. The Hall–Kier alpha value is -1.69. The average molecular weight is 258 g/mol. The highest BCUT2D eigenvalue weighted by Crippen LogP contribution is 2.20. The molecule has 0 aliphatic carbocycles. The van der Waals surface area contributed by atoms with E-state index in [0.717, 1.165) is 38.5 Å². The molecule has 1 aliphatic heterocycles. The smallest absolute Gasteiger partial charge is 0.0695 e. The van der Waals surface area contributed by atoms with Gasteiger partial charge >= 0.3 is 0 Å². The first-order valence-corrected chi connectivity index (χ1v) is 6.57. The van der Waals surface area contributed by atoms with Gasteiger partial charge in [-0.1, -0.05) is 30.3 Å². The molecule has 0 unspecified atom stereocenters. The lowest BCUT2D eigenvalue weighted by Gasteiger charge is -2.27. The summed E-state index contributed by atoms with van der Waals surface area (Å²) in [5.74, 6) is 0. The number of morpholine rings is 1. The molecule has 2 heterocycles. The van der Waals surface area contributed by atoms with Crippen molar-refractivity contribution in [2.24, 2.45) is 0 Å². The Morgan fingerprint density at radius 2 is 2.00 bits per heavy atom. The highest BCUT2D eigenvalue weighted by Gasteiger charge is 2.12. The van der Waals surface area contributed by atoms with Crippen molar-refractivity contribution in [2.45, 2.75) is 6.54 Å². The van der Waals surface area contributed by atoms with Crippen LogP contribution < -0.4 is 5.43 Å². The van der Waals surface area contributed by atoms with Crippen LogP contribution in [0.4, 0.5) is 0 Å². The van der Waals surface area contributed by atoms with Crippen LogP contribution in [0, 0.1) is 0 Å². The molecule has 1 aromatic heterocycles. The number of hydrazine groups is 1. The van der Waals surface area contributed by atoms with Gasteiger partial charge in [-0.3, -0.25) is 10.5 Å². The fraction of sp³-hybridized carbons (Fsp3) is 0.357. The molecule has 0 bridgehead atoms. The van der Waals surface area contributed by atoms with Gasteiger partial charge in [0.25, 0.3) is 0 Å². The zero-order chi connectivity index (χ0) is 12.9. The molecule has 19 heavy (non-hydrogen) atoms. The second-order valence-electron chi connectivity index (χ2n) is 4.57. The van der Waals surface area contributed by atoms with Gasteiger partial charge < -0.3 is 4.74 Å². The molecule has 0 amide bonds. The van der Waals surface area contributed by atoms with Gasteiger partial charge in [-0.05, 0) is 5.56 Å². The highest BCUT2D eigenvalue weighted by molar-refractivity contribution is 5.62. The lowest BCUT2D eigenvalue weighted by molar-refractivity contribution is 0.0106. The third-order valence-electron chi connectivity index (χ3n) is 3.28. The fourth-order valence-corrected chi connectivity index (χ4v) is 2.22. The van der Waals surface area contributed by atoms with Gasteiger partial charge in [0.15, 0.2) is 0 Å². The molecule has 0 radical (unpaired) electrons. The maximum atomic E-state index is 5.33. The molecular weight excluding hydrogens is 240 g/mol. The van der Waals surface area contributed by atoms with Crippen LogP contribution in [0.25, 0.3) is 11.3 Å². The Bertz CT molecular complexity index is 505. The van der Waals surface area contributed by atoms with Gasteiger partial charge in [-0.25, -0.2) is 5.01 Å². The lowest BCUT2D eigenvalue weighted by Crippen LogP contribution is -2.45. The quantitative estimate of drug-likeness (QED) is 0.870. The van der Waals surface area contributed by atoms with E-state index in [2.05, 4.69) is 32.8 Å². The second-order valence-corrected chi connectivity index (χ2v) is 4.57. The molecule has 1 fully saturated rings. The third kappa shape index (κ3) is 3.01. The molecule has 1 aromatic carbocycles. The van der Waals surface area contributed by atoms with E-state index in [1.165, 1.54) is 11.1 Å². The van der Waals surface area contributed by atoms with E-state index in [-0.39, 0.29) is 0 Å². The minimum atomic E-state index is 0.778. The zero-order valence-electron chi connectivity index (χ0n) is 10.8. The van der Waals surface area contributed by atoms with Crippen molar-refractivity contribution < 1.29 is 4.74 Å². The molecule has 0 atom stereocenters. The average Bonchev–Trinajstić information content (AvgIpc) is 2.95. The summed E-state index contributed by atoms with van der Waals surface area (Å²) in [6.45, 7) is 4.23. The summed E-state index contributed by atoms with van der Waals surface area (Å²) in [5.41, 5.74) is 6.86. The maximum absolute atomic E-state index is 5.33. The van der Waals surface area contributed by atoms with Gasteiger partial charge in [-0.15, -0.1) is 0 Å². The topological polar surface area (TPSA) is 53.2 Å². The summed E-state index contributed by atoms with van der Waals surface area (Å²) in [7, 11) is 0. The Balaban J connectivity index is 1.67. The first kappa shape index (κ1) is 12.3. The first-order valence-electron chi connectivity index (χ1n) is 6.57. The van der Waals surface area contributed by atoms with E-state index >= 15 is 0 Å². The Kier molecular flexibility index (Phi) is 3.88. The minimum absolute atomic E-state index is 0.778. The van der Waals surface area contributed by atoms with E-state index in [4.69, 9.17) is 4.74 Å². The third-order valence-corrected chi connectivity index (χ3v) is 3.28. The van der Waals surface area contributed by atoms with Gasteiger partial charge in [-0.2, -0.15) is 5.10 Å². The molecule has 100 valence electrons. The van der Waals surface area contributed by atoms with E-state index in [9.17, 15) is 0 Å². The molecule has 2 N–H and O–H groups in total. The summed E-state index contributed by atoms with van der Waals surface area (Å²) in [6, 6.07) is 10.3. The van der Waals surface area contributed by atoms with E-state index < -0.39 is 0 Å². The number of nitrogens with zero attached hydrogens (tertiary/aromatic N) is 2. The van der Waals surface area contributed by atoms with Crippen molar-refractivity contribution >= 4 is 0 Å². The number of aromatic amines is 1. The van der Waals surface area contributed by atoms with Crippen molar-refractivity contribution in [1.29, 1.82) is 0 Å². The van der Waals surface area contributed by atoms with Crippen molar-refractivity contribution in [1.82, 2.24) is 20.6 Å². The number of ether oxygens (including phenoxy) is 1. The largest absolute Gasteiger partial charge is 0.379 e. The van der Waals surface area contributed by atoms with Crippen LogP contribution in [-0.4, -0.2) is 41.5 Å². The number of aromatic nitrogens is 2. The lowest BCUT2D eigenvalue weighted by atomic mass is 10.1. The van der Waals surface area contributed by atoms with Crippen LogP contribution in [-0.2, 0) is 11.3 Å². The van der Waals surface area contributed by atoms with Gasteiger partial charge in [0.05, 0.1) is 25.1 Å². The predicted molar refractivity (Wildman–Crippen MR) is 73.3 cm³/mol. The van der Waals surface area contributed by atoms with Crippen molar-refractivity contribution in [3.63, 3.8) is 0 Å². The van der Waals surface area contributed by atoms with Gasteiger partial charge in [0.1, 0.15) is 0 Å². The molecular formula is C14H18N4O. The van der Waals surface area contributed by atoms with E-state index in [1.807, 2.05) is 24.4 Å². The van der Waals surface area contributed by atoms with Crippen LogP contribution in [0.2, 0.25) is 0 Å². The number of rotatable bonds is 4. The minimum Gasteiger partial charge on any atom is -0.379 e.